The van der Waals surface area contributed by atoms with Crippen LogP contribution in [-0.4, -0.2) is 39.5 Å². The number of nitrogens with one attached hydrogen (secondary N) is 1. The lowest BCUT2D eigenvalue weighted by molar-refractivity contribution is -0.137. The summed E-state index contributed by atoms with van der Waals surface area (Å²) in [6.07, 6.45) is 0. The van der Waals surface area contributed by atoms with Crippen LogP contribution in [0.25, 0.3) is 0 Å². The molecule has 3 aromatic carbocycles. The predicted molar refractivity (Wildman–Crippen MR) is 169 cm³/mol. The van der Waals surface area contributed by atoms with Gasteiger partial charge in [-0.05, 0) is 73.7 Å². The minimum Gasteiger partial charge on any atom is -0.497 e. The van der Waals surface area contributed by atoms with E-state index in [0.717, 1.165) is 33.6 Å². The highest BCUT2D eigenvalue weighted by Gasteiger charge is 2.32. The lowest BCUT2D eigenvalue weighted by Gasteiger charge is -2.32. The van der Waals surface area contributed by atoms with Gasteiger partial charge in [-0.15, -0.1) is 0 Å². The van der Waals surface area contributed by atoms with E-state index in [1.165, 1.54) is 11.8 Å². The van der Waals surface area contributed by atoms with Crippen LogP contribution in [-0.2, 0) is 16.1 Å². The van der Waals surface area contributed by atoms with Crippen molar-refractivity contribution in [3.8, 4) is 5.75 Å². The first-order valence-corrected chi connectivity index (χ1v) is 15.0. The molecule has 0 aliphatic heterocycles. The number of carbonyl (C=O) groups is 2. The van der Waals surface area contributed by atoms with Gasteiger partial charge in [-0.1, -0.05) is 79.7 Å². The van der Waals surface area contributed by atoms with Crippen molar-refractivity contribution in [1.82, 2.24) is 14.9 Å². The fourth-order valence-electron chi connectivity index (χ4n) is 4.60. The van der Waals surface area contributed by atoms with E-state index in [2.05, 4.69) is 29.1 Å². The lowest BCUT2D eigenvalue weighted by atomic mass is 9.97. The SMILES string of the molecule is COc1ccc(NC(=O)C(c2ccc(C(C)C)cc2)N(Cc2ccc(C)cc2)C(=O)CSc2nc(C)cc(C)n2)cc1. The first kappa shape index (κ1) is 30.8. The Balaban J connectivity index is 1.71. The molecule has 1 unspecified atom stereocenters. The van der Waals surface area contributed by atoms with Crippen LogP contribution in [0.1, 0.15) is 59.4 Å². The van der Waals surface area contributed by atoms with Crippen molar-refractivity contribution < 1.29 is 14.3 Å². The molecule has 8 heteroatoms. The third-order valence-corrected chi connectivity index (χ3v) is 7.75. The van der Waals surface area contributed by atoms with E-state index in [9.17, 15) is 9.59 Å². The molecule has 0 spiro atoms. The molecule has 0 fully saturated rings. The van der Waals surface area contributed by atoms with Crippen LogP contribution in [0.15, 0.2) is 84.0 Å². The third kappa shape index (κ3) is 8.19. The second-order valence-corrected chi connectivity index (χ2v) is 11.6. The standard InChI is InChI=1S/C34H38N4O3S/c1-22(2)27-11-13-28(14-12-27)32(33(40)37-29-15-17-30(41-6)18-16-29)38(20-26-9-7-23(3)8-10-26)31(39)21-42-34-35-24(4)19-25(5)36-34/h7-19,22,32H,20-21H2,1-6H3,(H,37,40). The second-order valence-electron chi connectivity index (χ2n) is 10.7. The molecule has 1 heterocycles. The van der Waals surface area contributed by atoms with E-state index in [0.29, 0.717) is 22.5 Å². The Kier molecular flexibility index (Phi) is 10.4. The molecule has 1 aromatic heterocycles. The number of anilines is 1. The van der Waals surface area contributed by atoms with Gasteiger partial charge in [0.25, 0.3) is 5.91 Å². The maximum absolute atomic E-state index is 14.1. The Labute approximate surface area is 252 Å². The number of thioether (sulfide) groups is 1. The van der Waals surface area contributed by atoms with Crippen molar-refractivity contribution in [3.63, 3.8) is 0 Å². The molecule has 0 bridgehead atoms. The first-order valence-electron chi connectivity index (χ1n) is 14.0. The van der Waals surface area contributed by atoms with Crippen molar-refractivity contribution in [3.05, 3.63) is 113 Å². The van der Waals surface area contributed by atoms with Gasteiger partial charge in [-0.2, -0.15) is 0 Å². The largest absolute Gasteiger partial charge is 0.497 e. The topological polar surface area (TPSA) is 84.4 Å². The molecule has 4 rings (SSSR count). The maximum Gasteiger partial charge on any atom is 0.251 e. The Morgan fingerprint density at radius 3 is 2.02 bits per heavy atom. The monoisotopic (exact) mass is 582 g/mol. The molecule has 1 N–H and O–H groups in total. The smallest absolute Gasteiger partial charge is 0.251 e. The summed E-state index contributed by atoms with van der Waals surface area (Å²) in [6, 6.07) is 24.2. The zero-order valence-electron chi connectivity index (χ0n) is 25.0. The molecule has 2 amide bonds. The van der Waals surface area contributed by atoms with Crippen molar-refractivity contribution in [2.75, 3.05) is 18.2 Å². The normalized spacial score (nSPS) is 11.7. The number of methoxy groups -OCH3 is 1. The predicted octanol–water partition coefficient (Wildman–Crippen LogP) is 7.03. The zero-order chi connectivity index (χ0) is 30.2. The Bertz CT molecular complexity index is 1480. The Morgan fingerprint density at radius 1 is 0.857 bits per heavy atom. The van der Waals surface area contributed by atoms with E-state index < -0.39 is 6.04 Å². The maximum atomic E-state index is 14.1. The molecule has 7 nitrogen and oxygen atoms in total. The quantitative estimate of drug-likeness (QED) is 0.151. The number of benzene rings is 3. The van der Waals surface area contributed by atoms with E-state index in [1.807, 2.05) is 75.4 Å². The molecule has 218 valence electrons. The van der Waals surface area contributed by atoms with Crippen LogP contribution < -0.4 is 10.1 Å². The van der Waals surface area contributed by atoms with Crippen LogP contribution in [0.4, 0.5) is 5.69 Å². The fourth-order valence-corrected chi connectivity index (χ4v) is 5.44. The highest BCUT2D eigenvalue weighted by atomic mass is 32.2. The summed E-state index contributed by atoms with van der Waals surface area (Å²) in [5.41, 5.74) is 6.25. The molecule has 0 saturated heterocycles. The number of rotatable bonds is 11. The number of nitrogens with zero attached hydrogens (tertiary/aromatic N) is 3. The van der Waals surface area contributed by atoms with Crippen molar-refractivity contribution >= 4 is 29.3 Å². The van der Waals surface area contributed by atoms with Gasteiger partial charge in [-0.3, -0.25) is 9.59 Å². The average molecular weight is 583 g/mol. The molecule has 0 aliphatic carbocycles. The Hall–Kier alpha value is -4.17. The van der Waals surface area contributed by atoms with Crippen LogP contribution in [0.2, 0.25) is 0 Å². The number of carbonyl (C=O) groups excluding carboxylic acids is 2. The summed E-state index contributed by atoms with van der Waals surface area (Å²) in [6.45, 7) is 10.4. The van der Waals surface area contributed by atoms with Crippen molar-refractivity contribution in [1.29, 1.82) is 0 Å². The van der Waals surface area contributed by atoms with Gasteiger partial charge in [0, 0.05) is 23.6 Å². The van der Waals surface area contributed by atoms with E-state index >= 15 is 0 Å². The number of hydrogen-bond acceptors (Lipinski definition) is 6. The number of hydrogen-bond donors (Lipinski definition) is 1. The summed E-state index contributed by atoms with van der Waals surface area (Å²) in [5.74, 6) is 0.628. The lowest BCUT2D eigenvalue weighted by Crippen LogP contribution is -2.41. The van der Waals surface area contributed by atoms with Crippen LogP contribution in [0.5, 0.6) is 5.75 Å². The van der Waals surface area contributed by atoms with Gasteiger partial charge >= 0.3 is 0 Å². The van der Waals surface area contributed by atoms with Crippen LogP contribution >= 0.6 is 11.8 Å². The summed E-state index contributed by atoms with van der Waals surface area (Å²) in [4.78, 5) is 38.7. The van der Waals surface area contributed by atoms with E-state index in [1.54, 1.807) is 36.3 Å². The molecule has 42 heavy (non-hydrogen) atoms. The molecule has 0 aliphatic rings. The molecule has 0 saturated carbocycles. The zero-order valence-corrected chi connectivity index (χ0v) is 25.9. The van der Waals surface area contributed by atoms with Gasteiger partial charge in [-0.25, -0.2) is 9.97 Å². The van der Waals surface area contributed by atoms with Gasteiger partial charge < -0.3 is 15.0 Å². The second kappa shape index (κ2) is 14.1. The van der Waals surface area contributed by atoms with Crippen LogP contribution in [0.3, 0.4) is 0 Å². The highest BCUT2D eigenvalue weighted by Crippen LogP contribution is 2.29. The first-order chi connectivity index (χ1) is 20.1. The Morgan fingerprint density at radius 2 is 1.45 bits per heavy atom. The average Bonchev–Trinajstić information content (AvgIpc) is 2.97. The third-order valence-electron chi connectivity index (χ3n) is 6.92. The van der Waals surface area contributed by atoms with Gasteiger partial charge in [0.15, 0.2) is 5.16 Å². The van der Waals surface area contributed by atoms with E-state index in [-0.39, 0.29) is 24.1 Å². The van der Waals surface area contributed by atoms with E-state index in [4.69, 9.17) is 4.74 Å². The molecule has 4 aromatic rings. The molecular formula is C34H38N4O3S. The van der Waals surface area contributed by atoms with Gasteiger partial charge in [0.2, 0.25) is 5.91 Å². The number of aryl methyl sites for hydroxylation is 3. The van der Waals surface area contributed by atoms with Crippen molar-refractivity contribution in [2.45, 2.75) is 58.3 Å². The summed E-state index contributed by atoms with van der Waals surface area (Å²) >= 11 is 1.28. The van der Waals surface area contributed by atoms with Crippen LogP contribution in [0, 0.1) is 20.8 Å². The summed E-state index contributed by atoms with van der Waals surface area (Å²) < 4.78 is 5.27. The number of amides is 2. The summed E-state index contributed by atoms with van der Waals surface area (Å²) in [5, 5.41) is 3.57. The molecule has 1 atom stereocenters. The molecular weight excluding hydrogens is 544 g/mol. The fraction of sp³-hybridized carbons (Fsp3) is 0.294. The highest BCUT2D eigenvalue weighted by molar-refractivity contribution is 7.99. The minimum atomic E-state index is -0.872. The number of ether oxygens (including phenoxy) is 1. The summed E-state index contributed by atoms with van der Waals surface area (Å²) in [7, 11) is 1.60. The number of aromatic nitrogens is 2. The van der Waals surface area contributed by atoms with Gasteiger partial charge in [0.05, 0.1) is 12.9 Å². The van der Waals surface area contributed by atoms with Crippen molar-refractivity contribution in [2.24, 2.45) is 0 Å². The minimum absolute atomic E-state index is 0.0884. The molecule has 0 radical (unpaired) electrons. The van der Waals surface area contributed by atoms with Gasteiger partial charge in [0.1, 0.15) is 11.8 Å².